The van der Waals surface area contributed by atoms with Crippen LogP contribution >= 0.6 is 11.8 Å². The van der Waals surface area contributed by atoms with E-state index in [1.165, 1.54) is 24.9 Å². The average molecular weight is 256 g/mol. The highest BCUT2D eigenvalue weighted by Crippen LogP contribution is 2.20. The Labute approximate surface area is 105 Å². The van der Waals surface area contributed by atoms with E-state index in [0.29, 0.717) is 10.9 Å². The molecule has 94 valence electrons. The van der Waals surface area contributed by atoms with Gasteiger partial charge in [-0.2, -0.15) is 0 Å². The fourth-order valence-corrected chi connectivity index (χ4v) is 2.03. The van der Waals surface area contributed by atoms with E-state index in [0.717, 1.165) is 5.56 Å². The summed E-state index contributed by atoms with van der Waals surface area (Å²) in [7, 11) is 1.44. The van der Waals surface area contributed by atoms with Crippen molar-refractivity contribution in [3.05, 3.63) is 29.6 Å². The first-order chi connectivity index (χ1) is 8.02. The van der Waals surface area contributed by atoms with Crippen molar-refractivity contribution in [3.8, 4) is 5.75 Å². The van der Waals surface area contributed by atoms with Crippen molar-refractivity contribution in [2.24, 2.45) is 10.7 Å². The molecule has 1 aromatic carbocycles. The molecule has 0 saturated carbocycles. The van der Waals surface area contributed by atoms with E-state index in [1.54, 1.807) is 6.07 Å². The van der Waals surface area contributed by atoms with Gasteiger partial charge in [-0.15, -0.1) is 0 Å². The van der Waals surface area contributed by atoms with Crippen molar-refractivity contribution < 1.29 is 9.13 Å². The van der Waals surface area contributed by atoms with Crippen LogP contribution in [0.4, 0.5) is 4.39 Å². The van der Waals surface area contributed by atoms with E-state index in [1.807, 2.05) is 19.9 Å². The van der Waals surface area contributed by atoms with Gasteiger partial charge in [-0.25, -0.2) is 4.39 Å². The molecule has 17 heavy (non-hydrogen) atoms. The van der Waals surface area contributed by atoms with Crippen LogP contribution in [0.2, 0.25) is 0 Å². The Balaban J connectivity index is 2.61. The molecule has 3 nitrogen and oxygen atoms in total. The van der Waals surface area contributed by atoms with Crippen molar-refractivity contribution in [3.63, 3.8) is 0 Å². The van der Waals surface area contributed by atoms with Crippen molar-refractivity contribution >= 4 is 16.9 Å². The molecule has 0 aromatic heterocycles. The standard InChI is InChI=1S/C12H17FN2OS/c1-8(2)15-12(14)17-7-9-4-5-11(16-3)10(13)6-9/h4-6,8H,7H2,1-3H3,(H2,14,15). The number of hydrogen-bond acceptors (Lipinski definition) is 3. The summed E-state index contributed by atoms with van der Waals surface area (Å²) < 4.78 is 18.2. The van der Waals surface area contributed by atoms with Crippen LogP contribution in [0.1, 0.15) is 19.4 Å². The fraction of sp³-hybridized carbons (Fsp3) is 0.417. The lowest BCUT2D eigenvalue weighted by molar-refractivity contribution is 0.386. The second-order valence-corrected chi connectivity index (χ2v) is 4.81. The minimum Gasteiger partial charge on any atom is -0.494 e. The first-order valence-corrected chi connectivity index (χ1v) is 6.30. The highest BCUT2D eigenvalue weighted by molar-refractivity contribution is 8.13. The van der Waals surface area contributed by atoms with Gasteiger partial charge in [0, 0.05) is 11.8 Å². The lowest BCUT2D eigenvalue weighted by Crippen LogP contribution is -2.10. The molecule has 5 heteroatoms. The van der Waals surface area contributed by atoms with Gasteiger partial charge in [-0.1, -0.05) is 17.8 Å². The second kappa shape index (κ2) is 6.49. The van der Waals surface area contributed by atoms with Crippen LogP contribution in [0, 0.1) is 5.82 Å². The Kier molecular flexibility index (Phi) is 5.28. The highest BCUT2D eigenvalue weighted by atomic mass is 32.2. The second-order valence-electron chi connectivity index (χ2n) is 3.82. The van der Waals surface area contributed by atoms with Gasteiger partial charge < -0.3 is 10.5 Å². The Morgan fingerprint density at radius 3 is 2.76 bits per heavy atom. The molecule has 0 heterocycles. The van der Waals surface area contributed by atoms with Crippen LogP contribution in [0.3, 0.4) is 0 Å². The zero-order chi connectivity index (χ0) is 12.8. The maximum Gasteiger partial charge on any atom is 0.165 e. The first-order valence-electron chi connectivity index (χ1n) is 5.31. The quantitative estimate of drug-likeness (QED) is 0.665. The number of benzene rings is 1. The molecule has 0 aliphatic heterocycles. The number of thioether (sulfide) groups is 1. The van der Waals surface area contributed by atoms with E-state index in [9.17, 15) is 4.39 Å². The van der Waals surface area contributed by atoms with Crippen LogP contribution in [0.5, 0.6) is 5.75 Å². The highest BCUT2D eigenvalue weighted by Gasteiger charge is 2.04. The summed E-state index contributed by atoms with van der Waals surface area (Å²) in [5.74, 6) is 0.496. The predicted molar refractivity (Wildman–Crippen MR) is 71.0 cm³/mol. The normalized spacial score (nSPS) is 11.9. The van der Waals surface area contributed by atoms with Crippen molar-refractivity contribution in [1.82, 2.24) is 0 Å². The number of ether oxygens (including phenoxy) is 1. The Bertz CT molecular complexity index is 407. The monoisotopic (exact) mass is 256 g/mol. The first kappa shape index (κ1) is 13.8. The largest absolute Gasteiger partial charge is 0.494 e. The van der Waals surface area contributed by atoms with Gasteiger partial charge in [-0.3, -0.25) is 4.99 Å². The minimum absolute atomic E-state index is 0.176. The number of methoxy groups -OCH3 is 1. The molecule has 0 spiro atoms. The maximum atomic E-state index is 13.4. The maximum absolute atomic E-state index is 13.4. The molecule has 1 aromatic rings. The fourth-order valence-electron chi connectivity index (χ4n) is 1.25. The Hall–Kier alpha value is -1.23. The molecule has 0 saturated heterocycles. The van der Waals surface area contributed by atoms with Crippen molar-refractivity contribution in [2.75, 3.05) is 7.11 Å². The number of amidine groups is 1. The van der Waals surface area contributed by atoms with Crippen LogP contribution in [-0.4, -0.2) is 18.3 Å². The van der Waals surface area contributed by atoms with E-state index in [2.05, 4.69) is 4.99 Å². The van der Waals surface area contributed by atoms with Crippen LogP contribution in [0.15, 0.2) is 23.2 Å². The third kappa shape index (κ3) is 4.65. The average Bonchev–Trinajstić information content (AvgIpc) is 2.25. The van der Waals surface area contributed by atoms with Gasteiger partial charge >= 0.3 is 0 Å². The van der Waals surface area contributed by atoms with Gasteiger partial charge in [0.1, 0.15) is 0 Å². The number of rotatable bonds is 4. The molecule has 0 radical (unpaired) electrons. The Morgan fingerprint density at radius 1 is 1.53 bits per heavy atom. The molecule has 0 aliphatic rings. The molecule has 0 atom stereocenters. The van der Waals surface area contributed by atoms with E-state index in [4.69, 9.17) is 10.5 Å². The third-order valence-electron chi connectivity index (χ3n) is 1.99. The summed E-state index contributed by atoms with van der Waals surface area (Å²) in [6, 6.07) is 5.06. The summed E-state index contributed by atoms with van der Waals surface area (Å²) in [6.07, 6.45) is 0. The summed E-state index contributed by atoms with van der Waals surface area (Å²) in [4.78, 5) is 4.19. The zero-order valence-corrected chi connectivity index (χ0v) is 11.1. The topological polar surface area (TPSA) is 47.6 Å². The molecule has 0 aliphatic carbocycles. The number of nitrogens with zero attached hydrogens (tertiary/aromatic N) is 1. The molecule has 0 unspecified atom stereocenters. The van der Waals surface area contributed by atoms with Gasteiger partial charge in [0.25, 0.3) is 0 Å². The summed E-state index contributed by atoms with van der Waals surface area (Å²) >= 11 is 1.40. The van der Waals surface area contributed by atoms with Crippen LogP contribution < -0.4 is 10.5 Å². The van der Waals surface area contributed by atoms with E-state index in [-0.39, 0.29) is 17.6 Å². The lowest BCUT2D eigenvalue weighted by atomic mass is 10.2. The third-order valence-corrected chi connectivity index (χ3v) is 2.87. The van der Waals surface area contributed by atoms with Gasteiger partial charge in [0.15, 0.2) is 16.7 Å². The molecule has 0 amide bonds. The van der Waals surface area contributed by atoms with Crippen LogP contribution in [-0.2, 0) is 5.75 Å². The molecular weight excluding hydrogens is 239 g/mol. The Morgan fingerprint density at radius 2 is 2.24 bits per heavy atom. The molecular formula is C12H17FN2OS. The molecule has 0 bridgehead atoms. The van der Waals surface area contributed by atoms with Crippen molar-refractivity contribution in [1.29, 1.82) is 0 Å². The van der Waals surface area contributed by atoms with Crippen LogP contribution in [0.25, 0.3) is 0 Å². The minimum atomic E-state index is -0.357. The lowest BCUT2D eigenvalue weighted by Gasteiger charge is -2.05. The summed E-state index contributed by atoms with van der Waals surface area (Å²) in [5.41, 5.74) is 6.57. The number of halogens is 1. The SMILES string of the molecule is COc1ccc(CSC(N)=NC(C)C)cc1F. The van der Waals surface area contributed by atoms with Crippen molar-refractivity contribution in [2.45, 2.75) is 25.6 Å². The molecule has 0 fully saturated rings. The smallest absolute Gasteiger partial charge is 0.165 e. The van der Waals surface area contributed by atoms with Gasteiger partial charge in [0.05, 0.1) is 7.11 Å². The van der Waals surface area contributed by atoms with E-state index < -0.39 is 0 Å². The zero-order valence-electron chi connectivity index (χ0n) is 10.2. The van der Waals surface area contributed by atoms with Gasteiger partial charge in [0.2, 0.25) is 0 Å². The van der Waals surface area contributed by atoms with E-state index >= 15 is 0 Å². The summed E-state index contributed by atoms with van der Waals surface area (Å²) in [5, 5.41) is 0.524. The molecule has 1 rings (SSSR count). The number of hydrogen-bond donors (Lipinski definition) is 1. The van der Waals surface area contributed by atoms with Gasteiger partial charge in [-0.05, 0) is 31.5 Å². The summed E-state index contributed by atoms with van der Waals surface area (Å²) in [6.45, 7) is 3.92. The predicted octanol–water partition coefficient (Wildman–Crippen LogP) is 2.79. The molecule has 2 N–H and O–H groups in total. The number of nitrogens with two attached hydrogens (primary N) is 1. The number of aliphatic imine (C=N–C) groups is 1.